The van der Waals surface area contributed by atoms with Gasteiger partial charge in [0.1, 0.15) is 5.75 Å². The van der Waals surface area contributed by atoms with Gasteiger partial charge in [-0.25, -0.2) is 8.42 Å². The van der Waals surface area contributed by atoms with E-state index in [1.54, 1.807) is 35.7 Å². The van der Waals surface area contributed by atoms with Crippen molar-refractivity contribution in [3.8, 4) is 5.75 Å². The molecule has 0 bridgehead atoms. The minimum atomic E-state index is -3.44. The number of rotatable bonds is 7. The highest BCUT2D eigenvalue weighted by Crippen LogP contribution is 2.21. The maximum absolute atomic E-state index is 12.8. The van der Waals surface area contributed by atoms with Gasteiger partial charge >= 0.3 is 0 Å². The van der Waals surface area contributed by atoms with Gasteiger partial charge in [0.2, 0.25) is 10.0 Å². The van der Waals surface area contributed by atoms with Gasteiger partial charge in [0.15, 0.2) is 0 Å². The second kappa shape index (κ2) is 8.87. The monoisotopic (exact) mass is 388 g/mol. The molecule has 0 amide bonds. The molecular formula is C21H28N2O3S. The van der Waals surface area contributed by atoms with E-state index in [1.807, 2.05) is 6.07 Å². The van der Waals surface area contributed by atoms with Crippen LogP contribution in [0.15, 0.2) is 59.5 Å². The lowest BCUT2D eigenvalue weighted by Gasteiger charge is -2.37. The number of piperazine rings is 1. The first kappa shape index (κ1) is 19.9. The minimum absolute atomic E-state index is 0.328. The molecule has 0 saturated carbocycles. The standard InChI is InChI=1S/C21H28N2O3S/c1-18(8-9-19-6-4-3-5-7-19)22-14-16-23(17-15-22)27(24,25)21-12-10-20(26-2)11-13-21/h3-7,10-13,18H,8-9,14-17H2,1-2H3/t18-/m1/s1. The third-order valence-corrected chi connectivity index (χ3v) is 7.20. The predicted molar refractivity (Wildman–Crippen MR) is 108 cm³/mol. The normalized spacial score (nSPS) is 17.6. The lowest BCUT2D eigenvalue weighted by Crippen LogP contribution is -2.51. The summed E-state index contributed by atoms with van der Waals surface area (Å²) in [5.74, 6) is 0.658. The van der Waals surface area contributed by atoms with E-state index in [9.17, 15) is 8.42 Å². The maximum Gasteiger partial charge on any atom is 0.243 e. The fourth-order valence-electron chi connectivity index (χ4n) is 3.48. The number of benzene rings is 2. The molecule has 1 aliphatic heterocycles. The van der Waals surface area contributed by atoms with E-state index < -0.39 is 10.0 Å². The van der Waals surface area contributed by atoms with Crippen LogP contribution < -0.4 is 4.74 Å². The fraction of sp³-hybridized carbons (Fsp3) is 0.429. The van der Waals surface area contributed by atoms with Crippen molar-refractivity contribution >= 4 is 10.0 Å². The molecule has 2 aromatic carbocycles. The average molecular weight is 389 g/mol. The molecule has 3 rings (SSSR count). The fourth-order valence-corrected chi connectivity index (χ4v) is 4.91. The topological polar surface area (TPSA) is 49.9 Å². The van der Waals surface area contributed by atoms with Crippen LogP contribution in [0.5, 0.6) is 5.75 Å². The van der Waals surface area contributed by atoms with Crippen LogP contribution in [0.2, 0.25) is 0 Å². The van der Waals surface area contributed by atoms with Crippen molar-refractivity contribution in [2.24, 2.45) is 0 Å². The number of hydrogen-bond acceptors (Lipinski definition) is 4. The summed E-state index contributed by atoms with van der Waals surface area (Å²) < 4.78 is 32.4. The Kier molecular flexibility index (Phi) is 6.52. The second-order valence-electron chi connectivity index (χ2n) is 6.99. The zero-order valence-corrected chi connectivity index (χ0v) is 16.9. The first-order valence-electron chi connectivity index (χ1n) is 9.43. The molecule has 1 aliphatic rings. The summed E-state index contributed by atoms with van der Waals surface area (Å²) in [5.41, 5.74) is 1.35. The molecule has 0 spiro atoms. The Labute approximate surface area is 162 Å². The molecule has 0 radical (unpaired) electrons. The molecule has 2 aromatic rings. The summed E-state index contributed by atoms with van der Waals surface area (Å²) in [4.78, 5) is 2.72. The van der Waals surface area contributed by atoms with E-state index in [2.05, 4.69) is 36.1 Å². The molecule has 0 aromatic heterocycles. The molecule has 1 fully saturated rings. The number of nitrogens with zero attached hydrogens (tertiary/aromatic N) is 2. The van der Waals surface area contributed by atoms with Gasteiger partial charge < -0.3 is 4.74 Å². The molecule has 0 N–H and O–H groups in total. The molecular weight excluding hydrogens is 360 g/mol. The minimum Gasteiger partial charge on any atom is -0.497 e. The van der Waals surface area contributed by atoms with Crippen molar-refractivity contribution in [3.63, 3.8) is 0 Å². The number of hydrogen-bond donors (Lipinski definition) is 0. The van der Waals surface area contributed by atoms with E-state index in [0.717, 1.165) is 25.9 Å². The Bertz CT molecular complexity index is 814. The smallest absolute Gasteiger partial charge is 0.243 e. The zero-order valence-electron chi connectivity index (χ0n) is 16.0. The predicted octanol–water partition coefficient (Wildman–Crippen LogP) is 3.02. The SMILES string of the molecule is COc1ccc(S(=O)(=O)N2CCN([C@H](C)CCc3ccccc3)CC2)cc1. The van der Waals surface area contributed by atoms with Gasteiger partial charge in [-0.15, -0.1) is 0 Å². The molecule has 0 unspecified atom stereocenters. The Morgan fingerprint density at radius 3 is 2.19 bits per heavy atom. The van der Waals surface area contributed by atoms with E-state index in [0.29, 0.717) is 29.8 Å². The van der Waals surface area contributed by atoms with Crippen molar-refractivity contribution in [3.05, 3.63) is 60.2 Å². The summed E-state index contributed by atoms with van der Waals surface area (Å²) in [5, 5.41) is 0. The van der Waals surface area contributed by atoms with Crippen LogP contribution in [0.3, 0.4) is 0 Å². The molecule has 1 heterocycles. The van der Waals surface area contributed by atoms with Crippen molar-refractivity contribution < 1.29 is 13.2 Å². The van der Waals surface area contributed by atoms with E-state index in [-0.39, 0.29) is 0 Å². The first-order valence-corrected chi connectivity index (χ1v) is 10.9. The van der Waals surface area contributed by atoms with Crippen LogP contribution in [0.4, 0.5) is 0 Å². The summed E-state index contributed by atoms with van der Waals surface area (Å²) in [7, 11) is -1.87. The van der Waals surface area contributed by atoms with Gasteiger partial charge in [-0.3, -0.25) is 4.90 Å². The number of ether oxygens (including phenoxy) is 1. The molecule has 146 valence electrons. The van der Waals surface area contributed by atoms with Gasteiger partial charge in [0, 0.05) is 32.2 Å². The average Bonchev–Trinajstić information content (AvgIpc) is 2.73. The molecule has 0 aliphatic carbocycles. The lowest BCUT2D eigenvalue weighted by molar-refractivity contribution is 0.140. The van der Waals surface area contributed by atoms with Crippen LogP contribution in [-0.4, -0.2) is 57.0 Å². The number of methoxy groups -OCH3 is 1. The highest BCUT2D eigenvalue weighted by molar-refractivity contribution is 7.89. The number of aryl methyl sites for hydroxylation is 1. The van der Waals surface area contributed by atoms with Gasteiger partial charge in [0.25, 0.3) is 0 Å². The van der Waals surface area contributed by atoms with Crippen LogP contribution in [0.1, 0.15) is 18.9 Å². The van der Waals surface area contributed by atoms with Gasteiger partial charge in [-0.05, 0) is 49.6 Å². The lowest BCUT2D eigenvalue weighted by atomic mass is 10.0. The quantitative estimate of drug-likeness (QED) is 0.732. The Balaban J connectivity index is 1.54. The van der Waals surface area contributed by atoms with E-state index in [1.165, 1.54) is 5.56 Å². The molecule has 1 saturated heterocycles. The molecule has 1 atom stereocenters. The Morgan fingerprint density at radius 1 is 0.963 bits per heavy atom. The Hall–Kier alpha value is -1.89. The van der Waals surface area contributed by atoms with Gasteiger partial charge in [0.05, 0.1) is 12.0 Å². The summed E-state index contributed by atoms with van der Waals surface area (Å²) in [6.45, 7) is 4.83. The molecule has 27 heavy (non-hydrogen) atoms. The molecule has 6 heteroatoms. The summed E-state index contributed by atoms with van der Waals surface area (Å²) in [6, 6.07) is 17.5. The van der Waals surface area contributed by atoms with Crippen LogP contribution in [0, 0.1) is 0 Å². The van der Waals surface area contributed by atoms with Gasteiger partial charge in [-0.2, -0.15) is 4.31 Å². The van der Waals surface area contributed by atoms with E-state index >= 15 is 0 Å². The van der Waals surface area contributed by atoms with Crippen molar-refractivity contribution in [2.75, 3.05) is 33.3 Å². The number of sulfonamides is 1. The summed E-state index contributed by atoms with van der Waals surface area (Å²) in [6.07, 6.45) is 2.13. The van der Waals surface area contributed by atoms with E-state index in [4.69, 9.17) is 4.74 Å². The third kappa shape index (κ3) is 4.89. The van der Waals surface area contributed by atoms with Crippen molar-refractivity contribution in [2.45, 2.75) is 30.7 Å². The highest BCUT2D eigenvalue weighted by atomic mass is 32.2. The Morgan fingerprint density at radius 2 is 1.59 bits per heavy atom. The van der Waals surface area contributed by atoms with Crippen LogP contribution >= 0.6 is 0 Å². The first-order chi connectivity index (χ1) is 13.0. The highest BCUT2D eigenvalue weighted by Gasteiger charge is 2.29. The van der Waals surface area contributed by atoms with Crippen LogP contribution in [0.25, 0.3) is 0 Å². The zero-order chi connectivity index (χ0) is 19.3. The van der Waals surface area contributed by atoms with Gasteiger partial charge in [-0.1, -0.05) is 30.3 Å². The molecule has 5 nitrogen and oxygen atoms in total. The summed E-state index contributed by atoms with van der Waals surface area (Å²) >= 11 is 0. The maximum atomic E-state index is 12.8. The third-order valence-electron chi connectivity index (χ3n) is 5.29. The van der Waals surface area contributed by atoms with Crippen molar-refractivity contribution in [1.29, 1.82) is 0 Å². The van der Waals surface area contributed by atoms with Crippen molar-refractivity contribution in [1.82, 2.24) is 9.21 Å². The second-order valence-corrected chi connectivity index (χ2v) is 8.93. The van der Waals surface area contributed by atoms with Crippen LogP contribution in [-0.2, 0) is 16.4 Å². The largest absolute Gasteiger partial charge is 0.497 e.